The molecule has 0 unspecified atom stereocenters. The summed E-state index contributed by atoms with van der Waals surface area (Å²) < 4.78 is 4.58. The Labute approximate surface area is 73.3 Å². The Morgan fingerprint density at radius 2 is 1.92 bits per heavy atom. The molecule has 0 fully saturated rings. The largest absolute Gasteiger partial charge is 0.473 e. The minimum atomic E-state index is 1.07. The molecule has 1 aliphatic rings. The van der Waals surface area contributed by atoms with Gasteiger partial charge in [-0.15, -0.1) is 0 Å². The van der Waals surface area contributed by atoms with Crippen molar-refractivity contribution in [3.8, 4) is 0 Å². The van der Waals surface area contributed by atoms with Gasteiger partial charge in [0.1, 0.15) is 0 Å². The molecule has 1 aromatic rings. The normalized spacial score (nSPS) is 16.0. The van der Waals surface area contributed by atoms with Gasteiger partial charge in [0.25, 0.3) is 0 Å². The van der Waals surface area contributed by atoms with E-state index in [-0.39, 0.29) is 0 Å². The van der Waals surface area contributed by atoms with E-state index in [4.69, 9.17) is 0 Å². The van der Waals surface area contributed by atoms with Gasteiger partial charge in [0.05, 0.1) is 12.5 Å². The molecule has 0 aliphatic carbocycles. The first kappa shape index (κ1) is 9.07. The summed E-state index contributed by atoms with van der Waals surface area (Å²) in [6.07, 6.45) is 10.2. The number of hydrogen-bond acceptors (Lipinski definition) is 2. The Kier molecular flexibility index (Phi) is 5.05. The fourth-order valence-electron chi connectivity index (χ4n) is 0.958. The van der Waals surface area contributed by atoms with Gasteiger partial charge in [0.2, 0.25) is 0 Å². The molecule has 0 radical (unpaired) electrons. The molecule has 2 heterocycles. The summed E-state index contributed by atoms with van der Waals surface area (Å²) in [5.41, 5.74) is 0. The van der Waals surface area contributed by atoms with Crippen LogP contribution in [0.4, 0.5) is 0 Å². The third-order valence-electron chi connectivity index (χ3n) is 1.58. The summed E-state index contributed by atoms with van der Waals surface area (Å²) >= 11 is 0. The Morgan fingerprint density at radius 3 is 2.58 bits per heavy atom. The lowest BCUT2D eigenvalue weighted by Crippen LogP contribution is -2.12. The Morgan fingerprint density at radius 1 is 1.08 bits per heavy atom. The minimum absolute atomic E-state index is 1.07. The maximum Gasteiger partial charge on any atom is 0.0902 e. The van der Waals surface area contributed by atoms with E-state index in [0.717, 1.165) is 6.54 Å². The van der Waals surface area contributed by atoms with Crippen molar-refractivity contribution >= 4 is 0 Å². The van der Waals surface area contributed by atoms with E-state index < -0.39 is 0 Å². The van der Waals surface area contributed by atoms with Gasteiger partial charge in [-0.05, 0) is 31.5 Å². The quantitative estimate of drug-likeness (QED) is 0.596. The van der Waals surface area contributed by atoms with Crippen LogP contribution in [-0.4, -0.2) is 13.1 Å². The summed E-state index contributed by atoms with van der Waals surface area (Å²) in [5, 5.41) is 3.26. The van der Waals surface area contributed by atoms with E-state index in [0.29, 0.717) is 0 Å². The number of furan rings is 1. The smallest absolute Gasteiger partial charge is 0.0902 e. The van der Waals surface area contributed by atoms with Gasteiger partial charge in [-0.2, -0.15) is 0 Å². The van der Waals surface area contributed by atoms with Gasteiger partial charge in [-0.25, -0.2) is 0 Å². The molecule has 1 N–H and O–H groups in total. The number of rotatable bonds is 0. The van der Waals surface area contributed by atoms with Crippen LogP contribution in [0.25, 0.3) is 0 Å². The van der Waals surface area contributed by atoms with Crippen molar-refractivity contribution in [1.82, 2.24) is 5.32 Å². The number of allylic oxidation sites excluding steroid dienone is 1. The third kappa shape index (κ3) is 4.74. The second-order valence-electron chi connectivity index (χ2n) is 2.61. The SMILES string of the molecule is C1=CCNCCC1.c1ccoc1. The predicted molar refractivity (Wildman–Crippen MR) is 50.0 cm³/mol. The fraction of sp³-hybridized carbons (Fsp3) is 0.400. The standard InChI is InChI=1S/C6H11N.C4H4O/c1-2-4-6-7-5-3-1;1-2-4-5-3-1/h1,3,7H,2,4-6H2;1-4H. The monoisotopic (exact) mass is 165 g/mol. The van der Waals surface area contributed by atoms with Gasteiger partial charge in [-0.1, -0.05) is 12.2 Å². The summed E-state index contributed by atoms with van der Waals surface area (Å²) in [7, 11) is 0. The number of nitrogens with one attached hydrogen (secondary N) is 1. The van der Waals surface area contributed by atoms with E-state index in [1.807, 2.05) is 12.1 Å². The maximum atomic E-state index is 4.58. The van der Waals surface area contributed by atoms with E-state index in [1.165, 1.54) is 19.4 Å². The second kappa shape index (κ2) is 6.68. The topological polar surface area (TPSA) is 25.2 Å². The summed E-state index contributed by atoms with van der Waals surface area (Å²) in [4.78, 5) is 0. The molecule has 66 valence electrons. The van der Waals surface area contributed by atoms with Gasteiger partial charge in [-0.3, -0.25) is 0 Å². The molecule has 2 heteroatoms. The number of hydrogen-bond donors (Lipinski definition) is 1. The van der Waals surface area contributed by atoms with Crippen LogP contribution in [0, 0.1) is 0 Å². The molecule has 1 aromatic heterocycles. The molecule has 2 rings (SSSR count). The Balaban J connectivity index is 0.000000127. The zero-order valence-electron chi connectivity index (χ0n) is 7.20. The second-order valence-corrected chi connectivity index (χ2v) is 2.61. The molecule has 0 aromatic carbocycles. The van der Waals surface area contributed by atoms with Gasteiger partial charge >= 0.3 is 0 Å². The molecule has 0 spiro atoms. The van der Waals surface area contributed by atoms with Crippen LogP contribution in [0.2, 0.25) is 0 Å². The first-order chi connectivity index (χ1) is 6.00. The molecule has 2 nitrogen and oxygen atoms in total. The summed E-state index contributed by atoms with van der Waals surface area (Å²) in [6, 6.07) is 3.67. The third-order valence-corrected chi connectivity index (χ3v) is 1.58. The molecular formula is C10H15NO. The van der Waals surface area contributed by atoms with Crippen LogP contribution in [0.1, 0.15) is 12.8 Å². The Bertz CT molecular complexity index is 166. The zero-order chi connectivity index (χ0) is 8.49. The Hall–Kier alpha value is -1.02. The first-order valence-corrected chi connectivity index (χ1v) is 4.33. The molecule has 0 bridgehead atoms. The highest BCUT2D eigenvalue weighted by Crippen LogP contribution is 1.91. The zero-order valence-corrected chi connectivity index (χ0v) is 7.20. The van der Waals surface area contributed by atoms with Crippen LogP contribution in [0.5, 0.6) is 0 Å². The van der Waals surface area contributed by atoms with Crippen molar-refractivity contribution in [2.45, 2.75) is 12.8 Å². The highest BCUT2D eigenvalue weighted by Gasteiger charge is 1.86. The van der Waals surface area contributed by atoms with Crippen LogP contribution in [0.3, 0.4) is 0 Å². The average Bonchev–Trinajstić information content (AvgIpc) is 2.54. The molecular weight excluding hydrogens is 150 g/mol. The van der Waals surface area contributed by atoms with E-state index >= 15 is 0 Å². The van der Waals surface area contributed by atoms with E-state index in [1.54, 1.807) is 12.5 Å². The average molecular weight is 165 g/mol. The molecule has 0 atom stereocenters. The predicted octanol–water partition coefficient (Wildman–Crippen LogP) is 2.21. The van der Waals surface area contributed by atoms with E-state index in [2.05, 4.69) is 21.9 Å². The van der Waals surface area contributed by atoms with Gasteiger partial charge < -0.3 is 9.73 Å². The molecule has 0 saturated carbocycles. The van der Waals surface area contributed by atoms with Crippen molar-refractivity contribution in [2.24, 2.45) is 0 Å². The molecule has 1 aliphatic heterocycles. The van der Waals surface area contributed by atoms with Crippen LogP contribution in [-0.2, 0) is 0 Å². The first-order valence-electron chi connectivity index (χ1n) is 4.33. The fourth-order valence-corrected chi connectivity index (χ4v) is 0.958. The summed E-state index contributed by atoms with van der Waals surface area (Å²) in [6.45, 7) is 2.26. The molecule has 0 saturated heterocycles. The van der Waals surface area contributed by atoms with Crippen molar-refractivity contribution < 1.29 is 4.42 Å². The molecule has 0 amide bonds. The van der Waals surface area contributed by atoms with Crippen LogP contribution in [0.15, 0.2) is 41.2 Å². The lowest BCUT2D eigenvalue weighted by Gasteiger charge is -1.91. The van der Waals surface area contributed by atoms with Crippen molar-refractivity contribution in [3.63, 3.8) is 0 Å². The van der Waals surface area contributed by atoms with Gasteiger partial charge in [0, 0.05) is 6.54 Å². The van der Waals surface area contributed by atoms with Crippen molar-refractivity contribution in [2.75, 3.05) is 13.1 Å². The van der Waals surface area contributed by atoms with Crippen molar-refractivity contribution in [3.05, 3.63) is 36.8 Å². The van der Waals surface area contributed by atoms with Crippen LogP contribution >= 0.6 is 0 Å². The molecule has 12 heavy (non-hydrogen) atoms. The highest BCUT2D eigenvalue weighted by atomic mass is 16.3. The van der Waals surface area contributed by atoms with E-state index in [9.17, 15) is 0 Å². The minimum Gasteiger partial charge on any atom is -0.473 e. The summed E-state index contributed by atoms with van der Waals surface area (Å²) in [5.74, 6) is 0. The van der Waals surface area contributed by atoms with Crippen LogP contribution < -0.4 is 5.32 Å². The van der Waals surface area contributed by atoms with Crippen molar-refractivity contribution in [1.29, 1.82) is 0 Å². The maximum absolute atomic E-state index is 4.58. The van der Waals surface area contributed by atoms with Gasteiger partial charge in [0.15, 0.2) is 0 Å². The lowest BCUT2D eigenvalue weighted by molar-refractivity contribution is 0.567. The lowest BCUT2D eigenvalue weighted by atomic mass is 10.3. The highest BCUT2D eigenvalue weighted by molar-refractivity contribution is 4.86.